The molecule has 0 bridgehead atoms. The predicted octanol–water partition coefficient (Wildman–Crippen LogP) is 3.70. The average Bonchev–Trinajstić information content (AvgIpc) is 1.98. The lowest BCUT2D eigenvalue weighted by Crippen LogP contribution is -1.73. The molecule has 0 aromatic carbocycles. The molecule has 0 aliphatic heterocycles. The molecule has 0 aliphatic rings. The molecule has 10 heavy (non-hydrogen) atoms. The molecule has 0 saturated heterocycles. The SMILES string of the molecule is C=CCCCC=C(C)CC. The van der Waals surface area contributed by atoms with Gasteiger partial charge in [-0.3, -0.25) is 0 Å². The van der Waals surface area contributed by atoms with Crippen molar-refractivity contribution in [3.05, 3.63) is 24.3 Å². The predicted molar refractivity (Wildman–Crippen MR) is 48.1 cm³/mol. The number of rotatable bonds is 5. The van der Waals surface area contributed by atoms with Crippen LogP contribution in [0, 0.1) is 0 Å². The van der Waals surface area contributed by atoms with E-state index in [4.69, 9.17) is 0 Å². The third-order valence-corrected chi connectivity index (χ3v) is 1.66. The Hall–Kier alpha value is -0.520. The summed E-state index contributed by atoms with van der Waals surface area (Å²) in [6.07, 6.45) is 9.10. The minimum absolute atomic E-state index is 1.15. The van der Waals surface area contributed by atoms with Crippen LogP contribution in [0.2, 0.25) is 0 Å². The molecule has 0 aromatic heterocycles. The van der Waals surface area contributed by atoms with Crippen LogP contribution in [0.4, 0.5) is 0 Å². The van der Waals surface area contributed by atoms with E-state index >= 15 is 0 Å². The van der Waals surface area contributed by atoms with Crippen molar-refractivity contribution in [3.8, 4) is 0 Å². The zero-order valence-electron chi connectivity index (χ0n) is 7.19. The Kier molecular flexibility index (Phi) is 6.25. The summed E-state index contributed by atoms with van der Waals surface area (Å²) in [5.74, 6) is 0. The number of hydrogen-bond acceptors (Lipinski definition) is 0. The van der Waals surface area contributed by atoms with E-state index in [1.807, 2.05) is 6.08 Å². The summed E-state index contributed by atoms with van der Waals surface area (Å²) in [6.45, 7) is 8.06. The average molecular weight is 138 g/mol. The molecule has 0 atom stereocenters. The number of hydrogen-bond donors (Lipinski definition) is 0. The van der Waals surface area contributed by atoms with Gasteiger partial charge in [-0.2, -0.15) is 0 Å². The maximum Gasteiger partial charge on any atom is -0.0345 e. The van der Waals surface area contributed by atoms with E-state index in [2.05, 4.69) is 26.5 Å². The van der Waals surface area contributed by atoms with Gasteiger partial charge < -0.3 is 0 Å². The van der Waals surface area contributed by atoms with Gasteiger partial charge in [0.15, 0.2) is 0 Å². The zero-order valence-corrected chi connectivity index (χ0v) is 7.19. The van der Waals surface area contributed by atoms with Crippen LogP contribution >= 0.6 is 0 Å². The van der Waals surface area contributed by atoms with Crippen molar-refractivity contribution in [2.45, 2.75) is 39.5 Å². The van der Waals surface area contributed by atoms with E-state index in [1.165, 1.54) is 24.8 Å². The van der Waals surface area contributed by atoms with Gasteiger partial charge in [0.1, 0.15) is 0 Å². The summed E-state index contributed by atoms with van der Waals surface area (Å²) in [5, 5.41) is 0. The molecule has 0 aromatic rings. The molecule has 0 heteroatoms. The highest BCUT2D eigenvalue weighted by molar-refractivity contribution is 4.96. The quantitative estimate of drug-likeness (QED) is 0.401. The lowest BCUT2D eigenvalue weighted by molar-refractivity contribution is 0.858. The van der Waals surface area contributed by atoms with E-state index in [-0.39, 0.29) is 0 Å². The maximum absolute atomic E-state index is 3.68. The van der Waals surface area contributed by atoms with Crippen LogP contribution in [0.25, 0.3) is 0 Å². The molecule has 0 spiro atoms. The third kappa shape index (κ3) is 5.61. The van der Waals surface area contributed by atoms with Crippen LogP contribution in [0.3, 0.4) is 0 Å². The number of allylic oxidation sites excluding steroid dienone is 3. The Morgan fingerprint density at radius 2 is 2.10 bits per heavy atom. The van der Waals surface area contributed by atoms with Gasteiger partial charge in [-0.25, -0.2) is 0 Å². The Morgan fingerprint density at radius 3 is 2.60 bits per heavy atom. The molecule has 0 fully saturated rings. The first-order valence-corrected chi connectivity index (χ1v) is 4.07. The van der Waals surface area contributed by atoms with Gasteiger partial charge in [-0.1, -0.05) is 24.6 Å². The largest absolute Gasteiger partial charge is 0.103 e. The van der Waals surface area contributed by atoms with Gasteiger partial charge in [0, 0.05) is 0 Å². The van der Waals surface area contributed by atoms with E-state index in [1.54, 1.807) is 0 Å². The van der Waals surface area contributed by atoms with Crippen molar-refractivity contribution in [2.24, 2.45) is 0 Å². The minimum atomic E-state index is 1.15. The fraction of sp³-hybridized carbons (Fsp3) is 0.600. The summed E-state index contributed by atoms with van der Waals surface area (Å²) in [5.41, 5.74) is 1.50. The van der Waals surface area contributed by atoms with Gasteiger partial charge in [-0.15, -0.1) is 6.58 Å². The Balaban J connectivity index is 3.24. The molecule has 0 unspecified atom stereocenters. The van der Waals surface area contributed by atoms with Crippen LogP contribution in [0.5, 0.6) is 0 Å². The second-order valence-corrected chi connectivity index (χ2v) is 2.62. The fourth-order valence-corrected chi connectivity index (χ4v) is 0.755. The van der Waals surface area contributed by atoms with Gasteiger partial charge >= 0.3 is 0 Å². The van der Waals surface area contributed by atoms with Crippen molar-refractivity contribution in [3.63, 3.8) is 0 Å². The maximum atomic E-state index is 3.68. The molecule has 0 heterocycles. The Morgan fingerprint density at radius 1 is 1.40 bits per heavy atom. The van der Waals surface area contributed by atoms with E-state index in [9.17, 15) is 0 Å². The van der Waals surface area contributed by atoms with E-state index in [0.29, 0.717) is 0 Å². The summed E-state index contributed by atoms with van der Waals surface area (Å²) in [7, 11) is 0. The van der Waals surface area contributed by atoms with Gasteiger partial charge in [-0.05, 0) is 32.6 Å². The van der Waals surface area contributed by atoms with Crippen LogP contribution in [0.15, 0.2) is 24.3 Å². The van der Waals surface area contributed by atoms with Gasteiger partial charge in [0.25, 0.3) is 0 Å². The monoisotopic (exact) mass is 138 g/mol. The summed E-state index contributed by atoms with van der Waals surface area (Å²) in [6, 6.07) is 0. The first-order chi connectivity index (χ1) is 4.81. The van der Waals surface area contributed by atoms with Crippen LogP contribution < -0.4 is 0 Å². The molecular weight excluding hydrogens is 120 g/mol. The van der Waals surface area contributed by atoms with Gasteiger partial charge in [0.05, 0.1) is 0 Å². The molecule has 0 nitrogen and oxygen atoms in total. The third-order valence-electron chi connectivity index (χ3n) is 1.66. The lowest BCUT2D eigenvalue weighted by atomic mass is 10.1. The molecule has 0 radical (unpaired) electrons. The highest BCUT2D eigenvalue weighted by Crippen LogP contribution is 2.03. The second kappa shape index (κ2) is 6.60. The Bertz CT molecular complexity index is 109. The van der Waals surface area contributed by atoms with E-state index in [0.717, 1.165) is 6.42 Å². The Labute approximate surface area is 64.6 Å². The lowest BCUT2D eigenvalue weighted by Gasteiger charge is -1.93. The van der Waals surface area contributed by atoms with Crippen LogP contribution in [0.1, 0.15) is 39.5 Å². The fourth-order valence-electron chi connectivity index (χ4n) is 0.755. The van der Waals surface area contributed by atoms with Crippen molar-refractivity contribution in [1.82, 2.24) is 0 Å². The first kappa shape index (κ1) is 9.48. The van der Waals surface area contributed by atoms with Crippen molar-refractivity contribution in [2.75, 3.05) is 0 Å². The zero-order chi connectivity index (χ0) is 7.82. The van der Waals surface area contributed by atoms with Crippen molar-refractivity contribution in [1.29, 1.82) is 0 Å². The molecule has 0 rings (SSSR count). The smallest absolute Gasteiger partial charge is 0.0345 e. The molecule has 0 aliphatic carbocycles. The standard InChI is InChI=1S/C10H18/c1-4-6-7-8-9-10(3)5-2/h4,9H,1,5-8H2,2-3H3. The summed E-state index contributed by atoms with van der Waals surface area (Å²) < 4.78 is 0. The molecular formula is C10H18. The van der Waals surface area contributed by atoms with Crippen molar-refractivity contribution < 1.29 is 0 Å². The highest BCUT2D eigenvalue weighted by Gasteiger charge is 1.83. The minimum Gasteiger partial charge on any atom is -0.103 e. The number of unbranched alkanes of at least 4 members (excludes halogenated alkanes) is 2. The second-order valence-electron chi connectivity index (χ2n) is 2.62. The highest BCUT2D eigenvalue weighted by atomic mass is 13.9. The van der Waals surface area contributed by atoms with Crippen LogP contribution in [-0.4, -0.2) is 0 Å². The first-order valence-electron chi connectivity index (χ1n) is 4.07. The van der Waals surface area contributed by atoms with Gasteiger partial charge in [0.2, 0.25) is 0 Å². The van der Waals surface area contributed by atoms with E-state index < -0.39 is 0 Å². The molecule has 58 valence electrons. The normalized spacial score (nSPS) is 11.6. The summed E-state index contributed by atoms with van der Waals surface area (Å²) >= 11 is 0. The molecule has 0 saturated carbocycles. The molecule has 0 amide bonds. The topological polar surface area (TPSA) is 0 Å². The van der Waals surface area contributed by atoms with Crippen molar-refractivity contribution >= 4 is 0 Å². The van der Waals surface area contributed by atoms with Crippen LogP contribution in [-0.2, 0) is 0 Å². The molecule has 0 N–H and O–H groups in total. The summed E-state index contributed by atoms with van der Waals surface area (Å²) in [4.78, 5) is 0.